The molecule has 5 N–H and O–H groups in total. The third-order valence-electron chi connectivity index (χ3n) is 6.47. The lowest BCUT2D eigenvalue weighted by atomic mass is 10.2. The minimum Gasteiger partial charge on any atom is -0.383 e. The summed E-state index contributed by atoms with van der Waals surface area (Å²) in [6.45, 7) is 0. The van der Waals surface area contributed by atoms with Gasteiger partial charge in [-0.05, 0) is 43.2 Å². The fraction of sp³-hybridized carbons (Fsp3) is 0.200. The van der Waals surface area contributed by atoms with Crippen molar-refractivity contribution in [1.29, 1.82) is 0 Å². The Morgan fingerprint density at radius 2 is 1.94 bits per heavy atom. The third-order valence-corrected chi connectivity index (χ3v) is 6.47. The molecule has 6 rings (SSSR count). The first-order valence-electron chi connectivity index (χ1n) is 11.5. The topological polar surface area (TPSA) is 127 Å². The molecule has 1 saturated carbocycles. The summed E-state index contributed by atoms with van der Waals surface area (Å²) >= 11 is 0. The van der Waals surface area contributed by atoms with Crippen molar-refractivity contribution < 1.29 is 9.18 Å². The summed E-state index contributed by atoms with van der Waals surface area (Å²) in [5.41, 5.74) is 10.0. The SMILES string of the molecule is Nc1ncnc2c1c(-c1nc3ccc(NC(=O)Nc4ccccc4F)cc3[nH]1)cn2C1CCCC1. The Balaban J connectivity index is 1.32. The van der Waals surface area contributed by atoms with Crippen LogP contribution in [0.3, 0.4) is 0 Å². The Labute approximate surface area is 199 Å². The van der Waals surface area contributed by atoms with Gasteiger partial charge in [0.1, 0.15) is 29.4 Å². The Hall–Kier alpha value is -4.47. The van der Waals surface area contributed by atoms with Crippen LogP contribution < -0.4 is 16.4 Å². The summed E-state index contributed by atoms with van der Waals surface area (Å²) in [5, 5.41) is 6.02. The van der Waals surface area contributed by atoms with Gasteiger partial charge in [-0.25, -0.2) is 24.1 Å². The molecule has 0 saturated heterocycles. The highest BCUT2D eigenvalue weighted by Gasteiger charge is 2.24. The molecule has 3 aromatic heterocycles. The first-order valence-corrected chi connectivity index (χ1v) is 11.5. The first kappa shape index (κ1) is 21.1. The number of aromatic amines is 1. The molecular weight excluding hydrogens is 447 g/mol. The van der Waals surface area contributed by atoms with Crippen LogP contribution in [0.5, 0.6) is 0 Å². The van der Waals surface area contributed by atoms with Crippen molar-refractivity contribution in [1.82, 2.24) is 24.5 Å². The molecule has 9 nitrogen and oxygen atoms in total. The smallest absolute Gasteiger partial charge is 0.323 e. The van der Waals surface area contributed by atoms with E-state index in [1.54, 1.807) is 24.3 Å². The number of nitrogens with two attached hydrogens (primary N) is 1. The van der Waals surface area contributed by atoms with Gasteiger partial charge < -0.3 is 25.9 Å². The second-order valence-corrected chi connectivity index (χ2v) is 8.72. The van der Waals surface area contributed by atoms with Crippen molar-refractivity contribution in [3.05, 3.63) is 60.8 Å². The highest BCUT2D eigenvalue weighted by Crippen LogP contribution is 2.38. The average molecular weight is 471 g/mol. The van der Waals surface area contributed by atoms with Crippen LogP contribution in [0.2, 0.25) is 0 Å². The Kier molecular flexibility index (Phi) is 5.05. The number of anilines is 3. The highest BCUT2D eigenvalue weighted by atomic mass is 19.1. The number of carbonyl (C=O) groups is 1. The van der Waals surface area contributed by atoms with Crippen LogP contribution in [0, 0.1) is 5.82 Å². The fourth-order valence-electron chi connectivity index (χ4n) is 4.81. The number of hydrogen-bond donors (Lipinski definition) is 4. The number of rotatable bonds is 4. The number of urea groups is 1. The third kappa shape index (κ3) is 3.82. The number of carbonyl (C=O) groups excluding carboxylic acids is 1. The number of nitrogen functional groups attached to an aromatic ring is 1. The summed E-state index contributed by atoms with van der Waals surface area (Å²) < 4.78 is 16.0. The van der Waals surface area contributed by atoms with Gasteiger partial charge in [-0.3, -0.25) is 0 Å². The molecule has 0 bridgehead atoms. The lowest BCUT2D eigenvalue weighted by Gasteiger charge is -2.12. The molecule has 0 atom stereocenters. The van der Waals surface area contributed by atoms with E-state index in [0.717, 1.165) is 40.5 Å². The normalized spacial score (nSPS) is 14.1. The van der Waals surface area contributed by atoms with Gasteiger partial charge >= 0.3 is 6.03 Å². The zero-order valence-electron chi connectivity index (χ0n) is 18.8. The van der Waals surface area contributed by atoms with Crippen LogP contribution in [-0.4, -0.2) is 30.5 Å². The summed E-state index contributed by atoms with van der Waals surface area (Å²) in [4.78, 5) is 29.2. The number of halogens is 1. The number of aromatic nitrogens is 5. The molecule has 2 aromatic carbocycles. The molecule has 0 radical (unpaired) electrons. The lowest BCUT2D eigenvalue weighted by Crippen LogP contribution is -2.20. The fourth-order valence-corrected chi connectivity index (χ4v) is 4.81. The Morgan fingerprint density at radius 1 is 1.11 bits per heavy atom. The molecule has 10 heteroatoms. The van der Waals surface area contributed by atoms with Crippen LogP contribution in [-0.2, 0) is 0 Å². The van der Waals surface area contributed by atoms with E-state index in [9.17, 15) is 9.18 Å². The van der Waals surface area contributed by atoms with Gasteiger partial charge in [-0.2, -0.15) is 0 Å². The molecule has 176 valence electrons. The molecule has 35 heavy (non-hydrogen) atoms. The maximum absolute atomic E-state index is 13.8. The zero-order valence-corrected chi connectivity index (χ0v) is 18.8. The van der Waals surface area contributed by atoms with Crippen LogP contribution in [0.25, 0.3) is 33.5 Å². The molecule has 0 spiro atoms. The molecule has 1 aliphatic carbocycles. The number of hydrogen-bond acceptors (Lipinski definition) is 5. The predicted octanol–water partition coefficient (Wildman–Crippen LogP) is 5.46. The van der Waals surface area contributed by atoms with E-state index in [0.29, 0.717) is 23.4 Å². The molecule has 0 unspecified atom stereocenters. The molecule has 5 aromatic rings. The maximum atomic E-state index is 13.8. The number of nitrogens with zero attached hydrogens (tertiary/aromatic N) is 4. The molecule has 0 aliphatic heterocycles. The summed E-state index contributed by atoms with van der Waals surface area (Å²) in [7, 11) is 0. The second kappa shape index (κ2) is 8.39. The van der Waals surface area contributed by atoms with Gasteiger partial charge in [0.05, 0.1) is 22.1 Å². The van der Waals surface area contributed by atoms with Crippen LogP contribution in [0.4, 0.5) is 26.4 Å². The minimum atomic E-state index is -0.543. The van der Waals surface area contributed by atoms with E-state index in [1.807, 2.05) is 6.07 Å². The standard InChI is InChI=1S/C25H23FN8O/c26-17-7-3-4-8-18(17)33-25(35)30-14-9-10-19-20(11-14)32-23(31-19)16-12-34(15-5-1-2-6-15)24-21(16)22(27)28-13-29-24/h3-4,7-13,15H,1-2,5-6H2,(H,31,32)(H2,27,28,29)(H2,30,33,35). The number of imidazole rings is 1. The van der Waals surface area contributed by atoms with Crippen LogP contribution in [0.15, 0.2) is 55.0 Å². The molecule has 3 heterocycles. The molecular formula is C25H23FN8O. The highest BCUT2D eigenvalue weighted by molar-refractivity contribution is 6.02. The van der Waals surface area contributed by atoms with Gasteiger partial charge in [-0.1, -0.05) is 25.0 Å². The van der Waals surface area contributed by atoms with Crippen molar-refractivity contribution >= 4 is 45.3 Å². The number of benzene rings is 2. The van der Waals surface area contributed by atoms with E-state index in [1.165, 1.54) is 31.3 Å². The van der Waals surface area contributed by atoms with Gasteiger partial charge in [0, 0.05) is 23.5 Å². The predicted molar refractivity (Wildman–Crippen MR) is 134 cm³/mol. The Bertz CT molecular complexity index is 1570. The van der Waals surface area contributed by atoms with Gasteiger partial charge in [-0.15, -0.1) is 0 Å². The summed E-state index contributed by atoms with van der Waals surface area (Å²) in [6.07, 6.45) is 8.17. The van der Waals surface area contributed by atoms with E-state index in [2.05, 4.69) is 36.3 Å². The van der Waals surface area contributed by atoms with Crippen LogP contribution in [0.1, 0.15) is 31.7 Å². The molecule has 1 fully saturated rings. The molecule has 1 aliphatic rings. The molecule has 2 amide bonds. The van der Waals surface area contributed by atoms with Crippen LogP contribution >= 0.6 is 0 Å². The summed E-state index contributed by atoms with van der Waals surface area (Å²) in [5.74, 6) is 0.557. The summed E-state index contributed by atoms with van der Waals surface area (Å²) in [6, 6.07) is 11.2. The monoisotopic (exact) mass is 470 g/mol. The van der Waals surface area contributed by atoms with Gasteiger partial charge in [0.15, 0.2) is 0 Å². The lowest BCUT2D eigenvalue weighted by molar-refractivity contribution is 0.262. The number of amides is 2. The minimum absolute atomic E-state index is 0.105. The van der Waals surface area contributed by atoms with E-state index in [4.69, 9.17) is 10.7 Å². The second-order valence-electron chi connectivity index (χ2n) is 8.72. The van der Waals surface area contributed by atoms with E-state index >= 15 is 0 Å². The van der Waals surface area contributed by atoms with Crippen molar-refractivity contribution in [2.24, 2.45) is 0 Å². The number of para-hydroxylation sites is 1. The van der Waals surface area contributed by atoms with Crippen molar-refractivity contribution in [2.75, 3.05) is 16.4 Å². The van der Waals surface area contributed by atoms with Crippen molar-refractivity contribution in [3.8, 4) is 11.4 Å². The van der Waals surface area contributed by atoms with Gasteiger partial charge in [0.2, 0.25) is 0 Å². The number of nitrogens with one attached hydrogen (secondary N) is 3. The van der Waals surface area contributed by atoms with Crippen molar-refractivity contribution in [3.63, 3.8) is 0 Å². The number of H-pyrrole nitrogens is 1. The first-order chi connectivity index (χ1) is 17.1. The van der Waals surface area contributed by atoms with Crippen molar-refractivity contribution in [2.45, 2.75) is 31.7 Å². The van der Waals surface area contributed by atoms with E-state index in [-0.39, 0.29) is 5.69 Å². The van der Waals surface area contributed by atoms with E-state index < -0.39 is 11.8 Å². The number of fused-ring (bicyclic) bond motifs is 2. The Morgan fingerprint density at radius 3 is 2.77 bits per heavy atom. The van der Waals surface area contributed by atoms with Gasteiger partial charge in [0.25, 0.3) is 0 Å². The average Bonchev–Trinajstić information content (AvgIpc) is 3.58. The quantitative estimate of drug-likeness (QED) is 0.278. The maximum Gasteiger partial charge on any atom is 0.323 e. The largest absolute Gasteiger partial charge is 0.383 e. The zero-order chi connectivity index (χ0) is 23.9.